The zero-order valence-corrected chi connectivity index (χ0v) is 15.7. The summed E-state index contributed by atoms with van der Waals surface area (Å²) < 4.78 is 5.96. The molecule has 0 saturated heterocycles. The van der Waals surface area contributed by atoms with E-state index in [0.29, 0.717) is 0 Å². The second-order valence-electron chi connectivity index (χ2n) is 6.58. The lowest BCUT2D eigenvalue weighted by molar-refractivity contribution is -0.119. The van der Waals surface area contributed by atoms with Gasteiger partial charge in [-0.3, -0.25) is 4.79 Å². The van der Waals surface area contributed by atoms with Crippen LogP contribution < -0.4 is 10.1 Å². The van der Waals surface area contributed by atoms with Gasteiger partial charge in [0.1, 0.15) is 5.75 Å². The van der Waals surface area contributed by atoms with E-state index < -0.39 is 0 Å². The fraction of sp³-hybridized carbons (Fsp3) is 0.409. The summed E-state index contributed by atoms with van der Waals surface area (Å²) in [5.41, 5.74) is 3.59. The van der Waals surface area contributed by atoms with Crippen molar-refractivity contribution < 1.29 is 9.53 Å². The molecule has 0 radical (unpaired) electrons. The van der Waals surface area contributed by atoms with E-state index in [1.54, 1.807) is 6.92 Å². The summed E-state index contributed by atoms with van der Waals surface area (Å²) in [4.78, 5) is 11.1. The first kappa shape index (κ1) is 19.0. The first-order chi connectivity index (χ1) is 12.0. The molecule has 0 aliphatic heterocycles. The molecule has 1 amide bonds. The minimum atomic E-state index is 0.0137. The summed E-state index contributed by atoms with van der Waals surface area (Å²) >= 11 is 0. The standard InChI is InChI=1S/C22H29NO2/c1-5-21(6-2)25-22-13-11-20(12-14-22)19-9-7-18(8-10-19)15-16(3)23-17(4)24/h7-14,16,21H,5-6,15H2,1-4H3,(H,23,24). The van der Waals surface area contributed by atoms with Gasteiger partial charge in [0, 0.05) is 13.0 Å². The molecule has 0 saturated carbocycles. The minimum Gasteiger partial charge on any atom is -0.490 e. The lowest BCUT2D eigenvalue weighted by Gasteiger charge is -2.16. The molecule has 1 N–H and O–H groups in total. The van der Waals surface area contributed by atoms with Gasteiger partial charge in [0.15, 0.2) is 0 Å². The van der Waals surface area contributed by atoms with Crippen molar-refractivity contribution in [2.24, 2.45) is 0 Å². The molecule has 0 bridgehead atoms. The van der Waals surface area contributed by atoms with Gasteiger partial charge >= 0.3 is 0 Å². The van der Waals surface area contributed by atoms with Crippen LogP contribution in [0.5, 0.6) is 5.75 Å². The molecule has 0 aliphatic rings. The predicted octanol–water partition coefficient (Wildman–Crippen LogP) is 4.99. The predicted molar refractivity (Wildman–Crippen MR) is 104 cm³/mol. The number of carbonyl (C=O) groups is 1. The smallest absolute Gasteiger partial charge is 0.217 e. The maximum absolute atomic E-state index is 11.1. The quantitative estimate of drug-likeness (QED) is 0.736. The SMILES string of the molecule is CCC(CC)Oc1ccc(-c2ccc(CC(C)NC(C)=O)cc2)cc1. The van der Waals surface area contributed by atoms with Gasteiger partial charge in [-0.15, -0.1) is 0 Å². The summed E-state index contributed by atoms with van der Waals surface area (Å²) in [6.45, 7) is 7.87. The highest BCUT2D eigenvalue weighted by molar-refractivity contribution is 5.73. The van der Waals surface area contributed by atoms with Crippen molar-refractivity contribution in [3.63, 3.8) is 0 Å². The van der Waals surface area contributed by atoms with E-state index in [0.717, 1.165) is 25.0 Å². The van der Waals surface area contributed by atoms with Crippen molar-refractivity contribution in [3.8, 4) is 16.9 Å². The summed E-state index contributed by atoms with van der Waals surface area (Å²) in [5, 5.41) is 2.92. The zero-order valence-electron chi connectivity index (χ0n) is 15.7. The van der Waals surface area contributed by atoms with Crippen LogP contribution in [0.15, 0.2) is 48.5 Å². The van der Waals surface area contributed by atoms with E-state index in [-0.39, 0.29) is 18.1 Å². The summed E-state index contributed by atoms with van der Waals surface area (Å²) in [7, 11) is 0. The first-order valence-corrected chi connectivity index (χ1v) is 9.15. The molecule has 0 aromatic heterocycles. The van der Waals surface area contributed by atoms with E-state index in [2.05, 4.69) is 55.6 Å². The molecular weight excluding hydrogens is 310 g/mol. The van der Waals surface area contributed by atoms with Gasteiger partial charge in [-0.1, -0.05) is 50.2 Å². The highest BCUT2D eigenvalue weighted by Crippen LogP contribution is 2.24. The van der Waals surface area contributed by atoms with Crippen molar-refractivity contribution in [2.75, 3.05) is 0 Å². The third-order valence-corrected chi connectivity index (χ3v) is 4.35. The van der Waals surface area contributed by atoms with Gasteiger partial charge in [-0.25, -0.2) is 0 Å². The van der Waals surface area contributed by atoms with E-state index in [9.17, 15) is 4.79 Å². The number of amides is 1. The molecule has 3 nitrogen and oxygen atoms in total. The molecule has 0 spiro atoms. The fourth-order valence-electron chi connectivity index (χ4n) is 2.96. The molecule has 0 heterocycles. The van der Waals surface area contributed by atoms with Crippen molar-refractivity contribution >= 4 is 5.91 Å². The largest absolute Gasteiger partial charge is 0.490 e. The van der Waals surface area contributed by atoms with Crippen LogP contribution in [0.2, 0.25) is 0 Å². The zero-order chi connectivity index (χ0) is 18.2. The topological polar surface area (TPSA) is 38.3 Å². The van der Waals surface area contributed by atoms with Crippen LogP contribution in [0.25, 0.3) is 11.1 Å². The number of nitrogens with one attached hydrogen (secondary N) is 1. The lowest BCUT2D eigenvalue weighted by Crippen LogP contribution is -2.31. The molecule has 134 valence electrons. The Balaban J connectivity index is 2.00. The van der Waals surface area contributed by atoms with Crippen LogP contribution in [0.4, 0.5) is 0 Å². The van der Waals surface area contributed by atoms with E-state index in [4.69, 9.17) is 4.74 Å². The van der Waals surface area contributed by atoms with Gasteiger partial charge < -0.3 is 10.1 Å². The Kier molecular flexibility index (Phi) is 7.05. The Morgan fingerprint density at radius 2 is 1.48 bits per heavy atom. The van der Waals surface area contributed by atoms with E-state index in [1.807, 2.05) is 19.1 Å². The monoisotopic (exact) mass is 339 g/mol. The summed E-state index contributed by atoms with van der Waals surface area (Å²) in [5.74, 6) is 0.943. The molecular formula is C22H29NO2. The van der Waals surface area contributed by atoms with Crippen molar-refractivity contribution in [2.45, 2.75) is 59.1 Å². The maximum Gasteiger partial charge on any atom is 0.217 e. The molecule has 2 aromatic carbocycles. The highest BCUT2D eigenvalue weighted by atomic mass is 16.5. The lowest BCUT2D eigenvalue weighted by atomic mass is 10.0. The number of carbonyl (C=O) groups excluding carboxylic acids is 1. The first-order valence-electron chi connectivity index (χ1n) is 9.15. The highest BCUT2D eigenvalue weighted by Gasteiger charge is 2.07. The minimum absolute atomic E-state index is 0.0137. The number of hydrogen-bond acceptors (Lipinski definition) is 2. The van der Waals surface area contributed by atoms with Gasteiger partial charge in [0.05, 0.1) is 6.10 Å². The Bertz CT molecular complexity index is 657. The third kappa shape index (κ3) is 5.93. The normalized spacial score (nSPS) is 12.0. The number of rotatable bonds is 8. The Labute approximate surface area is 151 Å². The average molecular weight is 339 g/mol. The van der Waals surface area contributed by atoms with Crippen LogP contribution in [0, 0.1) is 0 Å². The van der Waals surface area contributed by atoms with Gasteiger partial charge in [-0.05, 0) is 55.0 Å². The molecule has 1 atom stereocenters. The Morgan fingerprint density at radius 1 is 0.960 bits per heavy atom. The third-order valence-electron chi connectivity index (χ3n) is 4.35. The van der Waals surface area contributed by atoms with E-state index in [1.165, 1.54) is 16.7 Å². The van der Waals surface area contributed by atoms with Crippen molar-refractivity contribution in [1.29, 1.82) is 0 Å². The molecule has 1 unspecified atom stereocenters. The molecule has 0 aliphatic carbocycles. The van der Waals surface area contributed by atoms with Gasteiger partial charge in [0.25, 0.3) is 0 Å². The Hall–Kier alpha value is -2.29. The van der Waals surface area contributed by atoms with E-state index >= 15 is 0 Å². The molecule has 2 rings (SSSR count). The Morgan fingerprint density at radius 3 is 1.96 bits per heavy atom. The summed E-state index contributed by atoms with van der Waals surface area (Å²) in [6, 6.07) is 17.0. The molecule has 2 aromatic rings. The number of hydrogen-bond donors (Lipinski definition) is 1. The van der Waals surface area contributed by atoms with Crippen LogP contribution in [-0.2, 0) is 11.2 Å². The van der Waals surface area contributed by atoms with Crippen LogP contribution >= 0.6 is 0 Å². The second kappa shape index (κ2) is 9.26. The maximum atomic E-state index is 11.1. The molecule has 0 fully saturated rings. The molecule has 25 heavy (non-hydrogen) atoms. The average Bonchev–Trinajstić information content (AvgIpc) is 2.60. The second-order valence-corrected chi connectivity index (χ2v) is 6.58. The summed E-state index contributed by atoms with van der Waals surface area (Å²) in [6.07, 6.45) is 3.17. The molecule has 3 heteroatoms. The van der Waals surface area contributed by atoms with Crippen molar-refractivity contribution in [1.82, 2.24) is 5.32 Å². The van der Waals surface area contributed by atoms with Crippen LogP contribution in [-0.4, -0.2) is 18.1 Å². The van der Waals surface area contributed by atoms with Crippen LogP contribution in [0.1, 0.15) is 46.1 Å². The number of ether oxygens (including phenoxy) is 1. The van der Waals surface area contributed by atoms with Gasteiger partial charge in [0.2, 0.25) is 5.91 Å². The van der Waals surface area contributed by atoms with Gasteiger partial charge in [-0.2, -0.15) is 0 Å². The van der Waals surface area contributed by atoms with Crippen molar-refractivity contribution in [3.05, 3.63) is 54.1 Å². The number of benzene rings is 2. The fourth-order valence-corrected chi connectivity index (χ4v) is 2.96. The van der Waals surface area contributed by atoms with Crippen LogP contribution in [0.3, 0.4) is 0 Å².